The molecule has 5 rings (SSSR count). The van der Waals surface area contributed by atoms with Gasteiger partial charge in [-0.15, -0.1) is 0 Å². The Morgan fingerprint density at radius 2 is 1.85 bits per heavy atom. The summed E-state index contributed by atoms with van der Waals surface area (Å²) in [5, 5.41) is 3.03. The molecule has 0 saturated carbocycles. The van der Waals surface area contributed by atoms with Crippen LogP contribution in [0.2, 0.25) is 0 Å². The number of nitrogens with one attached hydrogen (secondary N) is 1. The molecule has 0 radical (unpaired) electrons. The van der Waals surface area contributed by atoms with Crippen LogP contribution in [0.4, 0.5) is 29.1 Å². The molecule has 3 heterocycles. The van der Waals surface area contributed by atoms with Gasteiger partial charge in [-0.3, -0.25) is 4.79 Å². The van der Waals surface area contributed by atoms with Crippen molar-refractivity contribution in [3.8, 4) is 0 Å². The number of anilines is 2. The predicted octanol–water partition coefficient (Wildman–Crippen LogP) is 5.70. The number of aromatic nitrogens is 2. The Morgan fingerprint density at radius 1 is 1.03 bits per heavy atom. The monoisotopic (exact) mass is 468 g/mol. The molecule has 0 atom stereocenters. The number of halogens is 4. The number of rotatable bonds is 5. The topological polar surface area (TPSA) is 50.2 Å². The minimum atomic E-state index is -4.51. The van der Waals surface area contributed by atoms with Crippen molar-refractivity contribution in [2.24, 2.45) is 0 Å². The molecule has 1 aliphatic rings. The number of alkyl halides is 3. The molecule has 1 N–H and O–H groups in total. The molecule has 0 unspecified atom stereocenters. The Bertz CT molecular complexity index is 1360. The number of hydrogen-bond donors (Lipinski definition) is 1. The molecule has 0 spiro atoms. The molecule has 9 heteroatoms. The molecule has 4 aromatic rings. The fourth-order valence-electron chi connectivity index (χ4n) is 4.01. The highest BCUT2D eigenvalue weighted by molar-refractivity contribution is 6.06. The van der Waals surface area contributed by atoms with E-state index in [0.29, 0.717) is 16.8 Å². The first-order chi connectivity index (χ1) is 16.3. The quantitative estimate of drug-likeness (QED) is 0.382. The normalized spacial score (nSPS) is 13.7. The van der Waals surface area contributed by atoms with Crippen LogP contribution in [0.25, 0.3) is 10.9 Å². The minimum Gasteiger partial charge on any atom is -0.356 e. The van der Waals surface area contributed by atoms with E-state index in [9.17, 15) is 22.4 Å². The van der Waals surface area contributed by atoms with Gasteiger partial charge < -0.3 is 14.8 Å². The molecular weight excluding hydrogens is 448 g/mol. The smallest absolute Gasteiger partial charge is 0.356 e. The van der Waals surface area contributed by atoms with Crippen molar-refractivity contribution in [3.05, 3.63) is 89.5 Å². The first-order valence-electron chi connectivity index (χ1n) is 10.8. The summed E-state index contributed by atoms with van der Waals surface area (Å²) in [5.74, 6) is -0.114. The summed E-state index contributed by atoms with van der Waals surface area (Å²) >= 11 is 0. The summed E-state index contributed by atoms with van der Waals surface area (Å²) in [7, 11) is 0. The predicted molar refractivity (Wildman–Crippen MR) is 121 cm³/mol. The van der Waals surface area contributed by atoms with Crippen molar-refractivity contribution >= 4 is 28.3 Å². The highest BCUT2D eigenvalue weighted by atomic mass is 19.4. The van der Waals surface area contributed by atoms with Crippen molar-refractivity contribution in [1.82, 2.24) is 9.55 Å². The molecule has 1 amide bonds. The van der Waals surface area contributed by atoms with E-state index in [1.165, 1.54) is 24.3 Å². The van der Waals surface area contributed by atoms with Crippen molar-refractivity contribution in [2.75, 3.05) is 23.3 Å². The van der Waals surface area contributed by atoms with Crippen LogP contribution >= 0.6 is 0 Å². The third-order valence-electron chi connectivity index (χ3n) is 5.88. The van der Waals surface area contributed by atoms with Crippen molar-refractivity contribution in [3.63, 3.8) is 0 Å². The van der Waals surface area contributed by atoms with Crippen LogP contribution < -0.4 is 10.2 Å². The number of hydrogen-bond acceptors (Lipinski definition) is 3. The average Bonchev–Trinajstić information content (AvgIpc) is 3.11. The lowest BCUT2D eigenvalue weighted by atomic mass is 10.1. The van der Waals surface area contributed by atoms with Crippen LogP contribution in [0.5, 0.6) is 0 Å². The van der Waals surface area contributed by atoms with E-state index in [1.54, 1.807) is 29.0 Å². The molecule has 1 saturated heterocycles. The first-order valence-corrected chi connectivity index (χ1v) is 10.8. The molecule has 1 aliphatic heterocycles. The number of benzene rings is 2. The molecule has 5 nitrogen and oxygen atoms in total. The number of carbonyl (C=O) groups is 1. The van der Waals surface area contributed by atoms with Gasteiger partial charge in [0.25, 0.3) is 5.91 Å². The second-order valence-electron chi connectivity index (χ2n) is 8.22. The molecule has 34 heavy (non-hydrogen) atoms. The summed E-state index contributed by atoms with van der Waals surface area (Å²) in [6, 6.07) is 14.2. The molecule has 1 fully saturated rings. The average molecular weight is 468 g/mol. The minimum absolute atomic E-state index is 0.113. The van der Waals surface area contributed by atoms with Gasteiger partial charge in [-0.2, -0.15) is 13.2 Å². The highest BCUT2D eigenvalue weighted by Gasteiger charge is 2.31. The van der Waals surface area contributed by atoms with Gasteiger partial charge in [0.15, 0.2) is 0 Å². The summed E-state index contributed by atoms with van der Waals surface area (Å²) in [4.78, 5) is 19.6. The zero-order valence-electron chi connectivity index (χ0n) is 17.9. The second kappa shape index (κ2) is 8.48. The Labute approximate surface area is 192 Å². The van der Waals surface area contributed by atoms with Crippen molar-refractivity contribution < 1.29 is 22.4 Å². The van der Waals surface area contributed by atoms with E-state index in [4.69, 9.17) is 0 Å². The standard InChI is InChI=1S/C25H20F4N4O/c26-19-4-1-3-16(11-19)15-33-21-7-5-18(25(27,28)29)12-17(21)13-22(33)24(34)31-20-6-8-23(30-14-20)32-9-2-10-32/h1,3-8,11-14H,2,9-10,15H2,(H,31,34). The van der Waals surface area contributed by atoms with Crippen LogP contribution in [-0.4, -0.2) is 28.5 Å². The van der Waals surface area contributed by atoms with E-state index >= 15 is 0 Å². The van der Waals surface area contributed by atoms with Crippen LogP contribution in [0.15, 0.2) is 66.9 Å². The van der Waals surface area contributed by atoms with E-state index < -0.39 is 23.5 Å². The van der Waals surface area contributed by atoms with Crippen LogP contribution in [0, 0.1) is 5.82 Å². The zero-order chi connectivity index (χ0) is 23.9. The lowest BCUT2D eigenvalue weighted by Crippen LogP contribution is -2.37. The van der Waals surface area contributed by atoms with Gasteiger partial charge in [-0.05, 0) is 60.5 Å². The van der Waals surface area contributed by atoms with Gasteiger partial charge in [-0.1, -0.05) is 12.1 Å². The van der Waals surface area contributed by atoms with Gasteiger partial charge in [0.2, 0.25) is 0 Å². The van der Waals surface area contributed by atoms with Gasteiger partial charge in [0.1, 0.15) is 17.3 Å². The maximum atomic E-state index is 13.7. The van der Waals surface area contributed by atoms with E-state index in [0.717, 1.165) is 37.5 Å². The third kappa shape index (κ3) is 4.33. The Hall–Kier alpha value is -3.88. The fourth-order valence-corrected chi connectivity index (χ4v) is 4.01. The Morgan fingerprint density at radius 3 is 2.50 bits per heavy atom. The fraction of sp³-hybridized carbons (Fsp3) is 0.200. The van der Waals surface area contributed by atoms with Crippen LogP contribution in [-0.2, 0) is 12.7 Å². The van der Waals surface area contributed by atoms with Crippen molar-refractivity contribution in [2.45, 2.75) is 19.1 Å². The van der Waals surface area contributed by atoms with Gasteiger partial charge in [0.05, 0.1) is 17.4 Å². The molecular formula is C25H20F4N4O. The summed E-state index contributed by atoms with van der Waals surface area (Å²) in [6.45, 7) is 2.00. The maximum absolute atomic E-state index is 13.7. The van der Waals surface area contributed by atoms with Gasteiger partial charge in [-0.25, -0.2) is 9.37 Å². The Kier molecular flexibility index (Phi) is 5.47. The summed E-state index contributed by atoms with van der Waals surface area (Å²) < 4.78 is 55.0. The molecule has 2 aromatic heterocycles. The molecule has 174 valence electrons. The summed E-state index contributed by atoms with van der Waals surface area (Å²) in [6.07, 6.45) is -1.84. The number of pyridine rings is 1. The van der Waals surface area contributed by atoms with E-state index in [-0.39, 0.29) is 17.6 Å². The van der Waals surface area contributed by atoms with Gasteiger partial charge >= 0.3 is 6.18 Å². The highest BCUT2D eigenvalue weighted by Crippen LogP contribution is 2.33. The lowest BCUT2D eigenvalue weighted by Gasteiger charge is -2.31. The van der Waals surface area contributed by atoms with Gasteiger partial charge in [0, 0.05) is 30.5 Å². The van der Waals surface area contributed by atoms with Crippen molar-refractivity contribution in [1.29, 1.82) is 0 Å². The van der Waals surface area contributed by atoms with Crippen LogP contribution in [0.1, 0.15) is 28.0 Å². The largest absolute Gasteiger partial charge is 0.416 e. The summed E-state index contributed by atoms with van der Waals surface area (Å²) in [5.41, 5.74) is 0.833. The SMILES string of the molecule is O=C(Nc1ccc(N2CCC2)nc1)c1cc2cc(C(F)(F)F)ccc2n1Cc1cccc(F)c1. The zero-order valence-corrected chi connectivity index (χ0v) is 17.9. The van der Waals surface area contributed by atoms with E-state index in [1.807, 2.05) is 6.07 Å². The number of amides is 1. The number of nitrogens with zero attached hydrogens (tertiary/aromatic N) is 3. The lowest BCUT2D eigenvalue weighted by molar-refractivity contribution is -0.137. The molecule has 0 aliphatic carbocycles. The maximum Gasteiger partial charge on any atom is 0.416 e. The third-order valence-corrected chi connectivity index (χ3v) is 5.88. The Balaban J connectivity index is 1.50. The number of fused-ring (bicyclic) bond motifs is 1. The second-order valence-corrected chi connectivity index (χ2v) is 8.22. The molecule has 2 aromatic carbocycles. The van der Waals surface area contributed by atoms with Crippen LogP contribution in [0.3, 0.4) is 0 Å². The molecule has 0 bridgehead atoms. The first kappa shape index (κ1) is 21.9. The van der Waals surface area contributed by atoms with E-state index in [2.05, 4.69) is 15.2 Å². The number of carbonyl (C=O) groups excluding carboxylic acids is 1.